The van der Waals surface area contributed by atoms with Gasteiger partial charge in [-0.15, -0.1) is 0 Å². The number of nitrogens with one attached hydrogen (secondary N) is 1. The van der Waals surface area contributed by atoms with E-state index >= 15 is 0 Å². The highest BCUT2D eigenvalue weighted by Gasteiger charge is 2.25. The van der Waals surface area contributed by atoms with Crippen LogP contribution < -0.4 is 5.32 Å². The van der Waals surface area contributed by atoms with E-state index in [1.165, 1.54) is 12.1 Å². The maximum Gasteiger partial charge on any atom is 0.475 e. The summed E-state index contributed by atoms with van der Waals surface area (Å²) in [5.41, 5.74) is 1.47. The molecule has 0 saturated carbocycles. The number of carbonyl (C=O) groups excluding carboxylic acids is 1. The van der Waals surface area contributed by atoms with Crippen LogP contribution in [-0.2, 0) is 17.6 Å². The molecule has 0 bridgehead atoms. The quantitative estimate of drug-likeness (QED) is 0.521. The number of rotatable bonds is 7. The molecule has 0 radical (unpaired) electrons. The van der Waals surface area contributed by atoms with Crippen molar-refractivity contribution in [1.29, 1.82) is 0 Å². The van der Waals surface area contributed by atoms with E-state index in [1.807, 2.05) is 12.1 Å². The first-order valence-electron chi connectivity index (χ1n) is 7.57. The number of carboxylic acid groups (broad SMARTS) is 1. The van der Waals surface area contributed by atoms with Crippen molar-refractivity contribution in [2.45, 2.75) is 18.8 Å². The fraction of sp³-hybridized carbons (Fsp3) is 0.176. The lowest BCUT2D eigenvalue weighted by Gasteiger charge is -2.18. The van der Waals surface area contributed by atoms with Crippen LogP contribution in [0.4, 0.5) is 0 Å². The summed E-state index contributed by atoms with van der Waals surface area (Å²) in [6.45, 7) is 0. The number of halogens is 1. The van der Waals surface area contributed by atoms with Gasteiger partial charge < -0.3 is 20.5 Å². The van der Waals surface area contributed by atoms with Gasteiger partial charge in [-0.25, -0.2) is 4.79 Å². The van der Waals surface area contributed by atoms with Crippen molar-refractivity contribution in [3.8, 4) is 0 Å². The van der Waals surface area contributed by atoms with E-state index in [-0.39, 0.29) is 24.3 Å². The predicted molar refractivity (Wildman–Crippen MR) is 97.1 cm³/mol. The van der Waals surface area contributed by atoms with Crippen LogP contribution in [-0.4, -0.2) is 40.1 Å². The SMILES string of the molecule is O=C(Cc1cccc(Br)c1)N[C@@H](Cc1cccc(C(=O)O)c1)B(O)O. The second-order valence-corrected chi connectivity index (χ2v) is 6.52. The first kappa shape index (κ1) is 19.2. The average Bonchev–Trinajstić information content (AvgIpc) is 2.54. The lowest BCUT2D eigenvalue weighted by molar-refractivity contribution is -0.120. The zero-order valence-corrected chi connectivity index (χ0v) is 14.8. The van der Waals surface area contributed by atoms with E-state index in [4.69, 9.17) is 5.11 Å². The molecule has 25 heavy (non-hydrogen) atoms. The van der Waals surface area contributed by atoms with Crippen molar-refractivity contribution in [1.82, 2.24) is 5.32 Å². The minimum atomic E-state index is -1.76. The molecular weight excluding hydrogens is 389 g/mol. The maximum atomic E-state index is 12.2. The Kier molecular flexibility index (Phi) is 6.75. The summed E-state index contributed by atoms with van der Waals surface area (Å²) in [7, 11) is -1.76. The maximum absolute atomic E-state index is 12.2. The van der Waals surface area contributed by atoms with Gasteiger partial charge in [0.2, 0.25) is 5.91 Å². The molecule has 2 aromatic carbocycles. The van der Waals surface area contributed by atoms with Crippen molar-refractivity contribution in [3.05, 3.63) is 69.7 Å². The standard InChI is InChI=1S/C17H17BBrNO5/c19-14-6-2-4-12(8-14)10-16(21)20-15(18(24)25)9-11-3-1-5-13(7-11)17(22)23/h1-8,15,24-25H,9-10H2,(H,20,21)(H,22,23)/t15-/m0/s1. The molecule has 0 saturated heterocycles. The molecule has 1 atom stereocenters. The van der Waals surface area contributed by atoms with Crippen LogP contribution in [0.2, 0.25) is 0 Å². The molecule has 0 aliphatic rings. The van der Waals surface area contributed by atoms with Crippen LogP contribution in [0.15, 0.2) is 53.0 Å². The zero-order chi connectivity index (χ0) is 18.4. The Morgan fingerprint density at radius 1 is 1.08 bits per heavy atom. The molecular formula is C17H17BBrNO5. The Balaban J connectivity index is 2.04. The fourth-order valence-electron chi connectivity index (χ4n) is 2.41. The largest absolute Gasteiger partial charge is 0.478 e. The third kappa shape index (κ3) is 6.01. The van der Waals surface area contributed by atoms with Crippen molar-refractivity contribution >= 4 is 34.9 Å². The Morgan fingerprint density at radius 2 is 1.76 bits per heavy atom. The summed E-state index contributed by atoms with van der Waals surface area (Å²) in [5, 5.41) is 30.6. The summed E-state index contributed by atoms with van der Waals surface area (Å²) >= 11 is 3.33. The van der Waals surface area contributed by atoms with Crippen molar-refractivity contribution in [2.24, 2.45) is 0 Å². The second-order valence-electron chi connectivity index (χ2n) is 5.60. The molecule has 0 aromatic heterocycles. The summed E-state index contributed by atoms with van der Waals surface area (Å²) < 4.78 is 0.849. The number of benzene rings is 2. The topological polar surface area (TPSA) is 107 Å². The summed E-state index contributed by atoms with van der Waals surface area (Å²) in [4.78, 5) is 23.2. The van der Waals surface area contributed by atoms with E-state index in [0.29, 0.717) is 5.56 Å². The number of amides is 1. The van der Waals surface area contributed by atoms with Gasteiger partial charge in [0, 0.05) is 4.47 Å². The number of hydrogen-bond donors (Lipinski definition) is 4. The van der Waals surface area contributed by atoms with Crippen molar-refractivity contribution in [2.75, 3.05) is 0 Å². The molecule has 2 rings (SSSR count). The molecule has 2 aromatic rings. The predicted octanol–water partition coefficient (Wildman–Crippen LogP) is 1.43. The number of aromatic carboxylic acids is 1. The second kappa shape index (κ2) is 8.80. The van der Waals surface area contributed by atoms with Gasteiger partial charge in [0.1, 0.15) is 0 Å². The van der Waals surface area contributed by atoms with Gasteiger partial charge in [0.05, 0.1) is 17.9 Å². The van der Waals surface area contributed by atoms with Crippen LogP contribution in [0.1, 0.15) is 21.5 Å². The van der Waals surface area contributed by atoms with Crippen LogP contribution in [0.3, 0.4) is 0 Å². The van der Waals surface area contributed by atoms with Crippen molar-refractivity contribution < 1.29 is 24.7 Å². The summed E-state index contributed by atoms with van der Waals surface area (Å²) in [6, 6.07) is 13.4. The minimum Gasteiger partial charge on any atom is -0.478 e. The normalized spacial score (nSPS) is 11.6. The average molecular weight is 406 g/mol. The van der Waals surface area contributed by atoms with E-state index in [0.717, 1.165) is 10.0 Å². The third-order valence-electron chi connectivity index (χ3n) is 3.59. The van der Waals surface area contributed by atoms with E-state index in [1.54, 1.807) is 24.3 Å². The smallest absolute Gasteiger partial charge is 0.475 e. The first-order chi connectivity index (χ1) is 11.8. The van der Waals surface area contributed by atoms with E-state index < -0.39 is 19.0 Å². The molecule has 6 nitrogen and oxygen atoms in total. The van der Waals surface area contributed by atoms with Crippen LogP contribution in [0.25, 0.3) is 0 Å². The Morgan fingerprint density at radius 3 is 2.40 bits per heavy atom. The van der Waals surface area contributed by atoms with Gasteiger partial charge >= 0.3 is 13.1 Å². The highest BCUT2D eigenvalue weighted by molar-refractivity contribution is 9.10. The first-order valence-corrected chi connectivity index (χ1v) is 8.36. The number of hydrogen-bond acceptors (Lipinski definition) is 4. The van der Waals surface area contributed by atoms with Gasteiger partial charge in [0.15, 0.2) is 0 Å². The van der Waals surface area contributed by atoms with Gasteiger partial charge in [-0.05, 0) is 41.8 Å². The Labute approximate surface area is 153 Å². The molecule has 0 spiro atoms. The lowest BCUT2D eigenvalue weighted by atomic mass is 9.75. The molecule has 0 fully saturated rings. The molecule has 4 N–H and O–H groups in total. The van der Waals surface area contributed by atoms with Crippen molar-refractivity contribution in [3.63, 3.8) is 0 Å². The van der Waals surface area contributed by atoms with Gasteiger partial charge in [-0.3, -0.25) is 4.79 Å². The molecule has 130 valence electrons. The van der Waals surface area contributed by atoms with Gasteiger partial charge in [-0.2, -0.15) is 0 Å². The fourth-order valence-corrected chi connectivity index (χ4v) is 2.85. The zero-order valence-electron chi connectivity index (χ0n) is 13.2. The van der Waals surface area contributed by atoms with E-state index in [2.05, 4.69) is 21.2 Å². The van der Waals surface area contributed by atoms with Crippen LogP contribution >= 0.6 is 15.9 Å². The monoisotopic (exact) mass is 405 g/mol. The summed E-state index contributed by atoms with van der Waals surface area (Å²) in [6.07, 6.45) is 0.195. The molecule has 0 aliphatic heterocycles. The molecule has 8 heteroatoms. The lowest BCUT2D eigenvalue weighted by Crippen LogP contribution is -2.48. The van der Waals surface area contributed by atoms with E-state index in [9.17, 15) is 19.6 Å². The molecule has 0 aliphatic carbocycles. The highest BCUT2D eigenvalue weighted by Crippen LogP contribution is 2.13. The van der Waals surface area contributed by atoms with Gasteiger partial charge in [0.25, 0.3) is 0 Å². The molecule has 0 heterocycles. The molecule has 0 unspecified atom stereocenters. The Bertz CT molecular complexity index is 768. The summed E-state index contributed by atoms with van der Waals surface area (Å²) in [5.74, 6) is -2.36. The highest BCUT2D eigenvalue weighted by atomic mass is 79.9. The Hall–Kier alpha value is -2.16. The van der Waals surface area contributed by atoms with Crippen LogP contribution in [0, 0.1) is 0 Å². The number of carboxylic acids is 1. The minimum absolute atomic E-state index is 0.0951. The third-order valence-corrected chi connectivity index (χ3v) is 4.08. The van der Waals surface area contributed by atoms with Crippen LogP contribution in [0.5, 0.6) is 0 Å². The number of carbonyl (C=O) groups is 2. The molecule has 1 amide bonds. The van der Waals surface area contributed by atoms with Gasteiger partial charge in [-0.1, -0.05) is 40.2 Å².